The standard InChI is InChI=1S/C23H25BrN4O2/c1-15-6-7-17(12-16(15)2)21-22(30)27-23(26-21)8-10-28(11-9-23)14-20(29)25-19-5-3-4-18(24)13-19/h3-7,12-13H,8-11,14H2,1-2H3,(H,25,29)(H,27,30). The number of carbonyl (C=O) groups excluding carboxylic acids is 2. The van der Waals surface area contributed by atoms with Gasteiger partial charge >= 0.3 is 0 Å². The summed E-state index contributed by atoms with van der Waals surface area (Å²) >= 11 is 3.41. The van der Waals surface area contributed by atoms with E-state index in [1.54, 1.807) is 0 Å². The second kappa shape index (κ2) is 8.32. The fraction of sp³-hybridized carbons (Fsp3) is 0.348. The van der Waals surface area contributed by atoms with Crippen LogP contribution in [0.2, 0.25) is 0 Å². The molecule has 0 bridgehead atoms. The van der Waals surface area contributed by atoms with Gasteiger partial charge in [0.15, 0.2) is 0 Å². The quantitative estimate of drug-likeness (QED) is 0.721. The molecule has 156 valence electrons. The van der Waals surface area contributed by atoms with Crippen LogP contribution in [0.5, 0.6) is 0 Å². The van der Waals surface area contributed by atoms with Crippen molar-refractivity contribution in [1.29, 1.82) is 0 Å². The molecule has 1 spiro atoms. The molecule has 1 fully saturated rings. The third-order valence-electron chi connectivity index (χ3n) is 5.83. The lowest BCUT2D eigenvalue weighted by atomic mass is 9.98. The summed E-state index contributed by atoms with van der Waals surface area (Å²) in [6, 6.07) is 13.6. The highest BCUT2D eigenvalue weighted by Crippen LogP contribution is 2.29. The number of hydrogen-bond donors (Lipinski definition) is 2. The molecule has 7 heteroatoms. The first kappa shape index (κ1) is 20.8. The van der Waals surface area contributed by atoms with Gasteiger partial charge in [-0.15, -0.1) is 0 Å². The van der Waals surface area contributed by atoms with Crippen molar-refractivity contribution in [2.45, 2.75) is 32.4 Å². The number of carbonyl (C=O) groups is 2. The lowest BCUT2D eigenvalue weighted by molar-refractivity contribution is -0.119. The molecule has 1 saturated heterocycles. The monoisotopic (exact) mass is 468 g/mol. The predicted octanol–water partition coefficient (Wildman–Crippen LogP) is 3.42. The van der Waals surface area contributed by atoms with Crippen molar-refractivity contribution in [2.24, 2.45) is 4.99 Å². The maximum absolute atomic E-state index is 12.6. The summed E-state index contributed by atoms with van der Waals surface area (Å²) in [6.07, 6.45) is 1.38. The largest absolute Gasteiger partial charge is 0.326 e. The molecular weight excluding hydrogens is 444 g/mol. The molecule has 2 aliphatic heterocycles. The number of halogens is 1. The van der Waals surface area contributed by atoms with Gasteiger partial charge in [0.2, 0.25) is 5.91 Å². The maximum atomic E-state index is 12.6. The Morgan fingerprint density at radius 1 is 1.17 bits per heavy atom. The Bertz CT molecular complexity index is 1030. The molecule has 0 aromatic heterocycles. The summed E-state index contributed by atoms with van der Waals surface area (Å²) in [6.45, 7) is 5.83. The Morgan fingerprint density at radius 2 is 1.93 bits per heavy atom. The molecule has 2 aliphatic rings. The number of likely N-dealkylation sites (tertiary alicyclic amines) is 1. The highest BCUT2D eigenvalue weighted by Gasteiger charge is 2.42. The zero-order chi connectivity index (χ0) is 21.3. The number of nitrogens with one attached hydrogen (secondary N) is 2. The van der Waals surface area contributed by atoms with Crippen molar-refractivity contribution in [3.63, 3.8) is 0 Å². The smallest absolute Gasteiger partial charge is 0.272 e. The van der Waals surface area contributed by atoms with Gasteiger partial charge in [0.25, 0.3) is 5.91 Å². The molecule has 0 radical (unpaired) electrons. The van der Waals surface area contributed by atoms with Crippen molar-refractivity contribution in [3.05, 3.63) is 63.6 Å². The third kappa shape index (κ3) is 4.47. The molecule has 0 saturated carbocycles. The lowest BCUT2D eigenvalue weighted by Gasteiger charge is -2.36. The van der Waals surface area contributed by atoms with E-state index in [9.17, 15) is 9.59 Å². The molecule has 6 nitrogen and oxygen atoms in total. The van der Waals surface area contributed by atoms with E-state index in [4.69, 9.17) is 4.99 Å². The molecule has 0 aliphatic carbocycles. The summed E-state index contributed by atoms with van der Waals surface area (Å²) in [5, 5.41) is 6.03. The van der Waals surface area contributed by atoms with Crippen LogP contribution in [-0.2, 0) is 9.59 Å². The maximum Gasteiger partial charge on any atom is 0.272 e. The van der Waals surface area contributed by atoms with E-state index in [2.05, 4.69) is 38.4 Å². The molecule has 4 rings (SSSR count). The molecule has 0 unspecified atom stereocenters. The average molecular weight is 469 g/mol. The molecule has 2 aromatic carbocycles. The number of aliphatic imine (C=N–C) groups is 1. The van der Waals surface area contributed by atoms with Gasteiger partial charge in [-0.25, -0.2) is 0 Å². The molecule has 2 amide bonds. The van der Waals surface area contributed by atoms with E-state index in [1.165, 1.54) is 5.56 Å². The third-order valence-corrected chi connectivity index (χ3v) is 6.32. The van der Waals surface area contributed by atoms with Gasteiger partial charge in [-0.1, -0.05) is 34.1 Å². The molecular formula is C23H25BrN4O2. The summed E-state index contributed by atoms with van der Waals surface area (Å²) in [4.78, 5) is 31.9. The number of aryl methyl sites for hydroxylation is 2. The molecule has 2 N–H and O–H groups in total. The van der Waals surface area contributed by atoms with E-state index in [-0.39, 0.29) is 11.8 Å². The van der Waals surface area contributed by atoms with Crippen molar-refractivity contribution in [1.82, 2.24) is 10.2 Å². The number of anilines is 1. The summed E-state index contributed by atoms with van der Waals surface area (Å²) in [5.41, 5.74) is 3.94. The van der Waals surface area contributed by atoms with E-state index < -0.39 is 5.66 Å². The second-order valence-corrected chi connectivity index (χ2v) is 9.00. The van der Waals surface area contributed by atoms with Gasteiger partial charge in [0.1, 0.15) is 11.4 Å². The minimum Gasteiger partial charge on any atom is -0.326 e. The average Bonchev–Trinajstić information content (AvgIpc) is 3.02. The number of piperidine rings is 1. The number of nitrogens with zero attached hydrogens (tertiary/aromatic N) is 2. The van der Waals surface area contributed by atoms with Crippen LogP contribution in [0.1, 0.15) is 29.5 Å². The zero-order valence-electron chi connectivity index (χ0n) is 17.2. The highest BCUT2D eigenvalue weighted by atomic mass is 79.9. The van der Waals surface area contributed by atoms with Gasteiger partial charge in [0, 0.05) is 41.7 Å². The molecule has 0 atom stereocenters. The van der Waals surface area contributed by atoms with Gasteiger partial charge in [-0.3, -0.25) is 19.5 Å². The number of hydrogen-bond acceptors (Lipinski definition) is 4. The molecule has 2 aromatic rings. The van der Waals surface area contributed by atoms with Crippen LogP contribution in [0, 0.1) is 13.8 Å². The minimum atomic E-state index is -0.553. The van der Waals surface area contributed by atoms with Crippen LogP contribution in [0.15, 0.2) is 51.9 Å². The summed E-state index contributed by atoms with van der Waals surface area (Å²) < 4.78 is 0.926. The SMILES string of the molecule is Cc1ccc(C2=NC3(CCN(CC(=O)Nc4cccc(Br)c4)CC3)NC2=O)cc1C. The van der Waals surface area contributed by atoms with Crippen molar-refractivity contribution in [3.8, 4) is 0 Å². The van der Waals surface area contributed by atoms with Gasteiger partial charge in [-0.2, -0.15) is 0 Å². The van der Waals surface area contributed by atoms with Crippen molar-refractivity contribution >= 4 is 39.1 Å². The van der Waals surface area contributed by atoms with Crippen LogP contribution in [-0.4, -0.2) is 47.7 Å². The van der Waals surface area contributed by atoms with Crippen LogP contribution in [0.25, 0.3) is 0 Å². The Balaban J connectivity index is 1.37. The number of rotatable bonds is 4. The minimum absolute atomic E-state index is 0.0428. The van der Waals surface area contributed by atoms with Crippen molar-refractivity contribution in [2.75, 3.05) is 25.0 Å². The van der Waals surface area contributed by atoms with Gasteiger partial charge < -0.3 is 10.6 Å². The first-order valence-electron chi connectivity index (χ1n) is 10.1. The fourth-order valence-electron chi connectivity index (χ4n) is 3.94. The second-order valence-electron chi connectivity index (χ2n) is 8.08. The number of amides is 2. The Kier molecular flexibility index (Phi) is 5.75. The lowest BCUT2D eigenvalue weighted by Crippen LogP contribution is -2.52. The van der Waals surface area contributed by atoms with E-state index >= 15 is 0 Å². The van der Waals surface area contributed by atoms with Crippen LogP contribution in [0.3, 0.4) is 0 Å². The van der Waals surface area contributed by atoms with Gasteiger partial charge in [-0.05, 0) is 49.2 Å². The first-order valence-corrected chi connectivity index (χ1v) is 10.9. The predicted molar refractivity (Wildman–Crippen MR) is 122 cm³/mol. The Labute approximate surface area is 184 Å². The van der Waals surface area contributed by atoms with Crippen LogP contribution < -0.4 is 10.6 Å². The normalized spacial score (nSPS) is 18.2. The van der Waals surface area contributed by atoms with Crippen LogP contribution >= 0.6 is 15.9 Å². The summed E-state index contributed by atoms with van der Waals surface area (Å²) in [7, 11) is 0. The van der Waals surface area contributed by atoms with Crippen molar-refractivity contribution < 1.29 is 9.59 Å². The number of benzene rings is 2. The highest BCUT2D eigenvalue weighted by molar-refractivity contribution is 9.10. The van der Waals surface area contributed by atoms with Gasteiger partial charge in [0.05, 0.1) is 6.54 Å². The first-order chi connectivity index (χ1) is 14.3. The summed E-state index contributed by atoms with van der Waals surface area (Å²) in [5.74, 6) is -0.155. The fourth-order valence-corrected chi connectivity index (χ4v) is 4.33. The molecule has 2 heterocycles. The van der Waals surface area contributed by atoms with Crippen LogP contribution in [0.4, 0.5) is 5.69 Å². The Morgan fingerprint density at radius 3 is 2.63 bits per heavy atom. The zero-order valence-corrected chi connectivity index (χ0v) is 18.8. The van der Waals surface area contributed by atoms with E-state index in [1.807, 2.05) is 49.4 Å². The topological polar surface area (TPSA) is 73.8 Å². The Hall–Kier alpha value is -2.51. The van der Waals surface area contributed by atoms with E-state index in [0.717, 1.165) is 21.3 Å². The van der Waals surface area contributed by atoms with E-state index in [0.29, 0.717) is 38.2 Å². The molecule has 30 heavy (non-hydrogen) atoms.